The van der Waals surface area contributed by atoms with Crippen molar-refractivity contribution in [3.63, 3.8) is 0 Å². The molecule has 0 aliphatic rings. The van der Waals surface area contributed by atoms with Crippen molar-refractivity contribution in [1.82, 2.24) is 18.9 Å². The third-order valence-corrected chi connectivity index (χ3v) is 7.58. The van der Waals surface area contributed by atoms with Crippen LogP contribution in [0, 0.1) is 6.92 Å². The number of benzene rings is 3. The highest BCUT2D eigenvalue weighted by Gasteiger charge is 2.22. The van der Waals surface area contributed by atoms with Gasteiger partial charge in [0.1, 0.15) is 28.7 Å². The molecule has 0 aliphatic heterocycles. The minimum atomic E-state index is -0.406. The van der Waals surface area contributed by atoms with Crippen LogP contribution in [0.1, 0.15) is 27.2 Å². The number of methoxy groups -OCH3 is 1. The second kappa shape index (κ2) is 11.0. The maximum atomic E-state index is 12.3. The Morgan fingerprint density at radius 1 is 0.930 bits per heavy atom. The van der Waals surface area contributed by atoms with Gasteiger partial charge >= 0.3 is 5.97 Å². The van der Waals surface area contributed by atoms with E-state index >= 15 is 0 Å². The number of ether oxygens (including phenoxy) is 1. The van der Waals surface area contributed by atoms with Crippen LogP contribution in [0.3, 0.4) is 0 Å². The van der Waals surface area contributed by atoms with Crippen molar-refractivity contribution in [3.8, 4) is 22.6 Å². The van der Waals surface area contributed by atoms with E-state index in [1.807, 2.05) is 54.7 Å². The summed E-state index contributed by atoms with van der Waals surface area (Å²) in [5, 5.41) is 3.66. The Morgan fingerprint density at radius 2 is 1.77 bits per heavy atom. The molecule has 4 heterocycles. The molecule has 43 heavy (non-hydrogen) atoms. The summed E-state index contributed by atoms with van der Waals surface area (Å²) in [7, 11) is 1.38. The highest BCUT2D eigenvalue weighted by atomic mass is 16.5. The molecule has 8 heteroatoms. The van der Waals surface area contributed by atoms with Gasteiger partial charge < -0.3 is 19.0 Å². The van der Waals surface area contributed by atoms with E-state index in [1.54, 1.807) is 18.4 Å². The first kappa shape index (κ1) is 26.3. The Balaban J connectivity index is 1.43. The van der Waals surface area contributed by atoms with E-state index in [1.165, 1.54) is 18.2 Å². The number of hydrogen-bond donors (Lipinski definition) is 1. The number of hydrogen-bond acceptors (Lipinski definition) is 6. The molecule has 0 aliphatic carbocycles. The zero-order valence-corrected chi connectivity index (χ0v) is 23.8. The maximum Gasteiger partial charge on any atom is 0.337 e. The lowest BCUT2D eigenvalue weighted by atomic mass is 10.1. The largest absolute Gasteiger partial charge is 0.467 e. The number of aryl methyl sites for hydroxylation is 1. The molecule has 8 nitrogen and oxygen atoms in total. The van der Waals surface area contributed by atoms with E-state index in [2.05, 4.69) is 57.6 Å². The summed E-state index contributed by atoms with van der Waals surface area (Å²) in [5.41, 5.74) is 7.83. The zero-order valence-electron chi connectivity index (χ0n) is 23.8. The molecule has 212 valence electrons. The van der Waals surface area contributed by atoms with Gasteiger partial charge in [-0.25, -0.2) is 14.8 Å². The normalized spacial score (nSPS) is 11.3. The topological polar surface area (TPSA) is 86.6 Å². The number of pyridine rings is 1. The number of anilines is 1. The fourth-order valence-electron chi connectivity index (χ4n) is 5.40. The van der Waals surface area contributed by atoms with Crippen LogP contribution in [-0.4, -0.2) is 32.0 Å². The lowest BCUT2D eigenvalue weighted by Gasteiger charge is -2.11. The molecule has 4 aromatic heterocycles. The summed E-state index contributed by atoms with van der Waals surface area (Å²) in [5.74, 6) is 2.00. The standard InChI is InChI=1S/C35H29N5O3/c1-23-12-14-25(15-13-23)31-34(36-21-24-8-4-3-5-9-24)39-18-6-11-28(33(39)38-31)32-37-29-20-26(35(41)42-2)16-17-30(29)40(32)22-27-10-7-19-43-27/h3-20,36H,21-22H2,1-2H3. The highest BCUT2D eigenvalue weighted by Crippen LogP contribution is 2.35. The van der Waals surface area contributed by atoms with Crippen LogP contribution >= 0.6 is 0 Å². The minimum absolute atomic E-state index is 0.406. The smallest absolute Gasteiger partial charge is 0.337 e. The van der Waals surface area contributed by atoms with E-state index in [0.29, 0.717) is 30.0 Å². The van der Waals surface area contributed by atoms with Gasteiger partial charge in [0.25, 0.3) is 0 Å². The number of rotatable bonds is 8. The number of carbonyl (C=O) groups excluding carboxylic acids is 1. The van der Waals surface area contributed by atoms with Crippen molar-refractivity contribution in [2.45, 2.75) is 20.0 Å². The van der Waals surface area contributed by atoms with E-state index < -0.39 is 5.97 Å². The first-order valence-electron chi connectivity index (χ1n) is 14.1. The monoisotopic (exact) mass is 567 g/mol. The molecular weight excluding hydrogens is 538 g/mol. The van der Waals surface area contributed by atoms with Crippen molar-refractivity contribution >= 4 is 28.5 Å². The molecule has 0 unspecified atom stereocenters. The van der Waals surface area contributed by atoms with E-state index in [9.17, 15) is 4.79 Å². The first-order valence-corrected chi connectivity index (χ1v) is 14.1. The van der Waals surface area contributed by atoms with Crippen LogP contribution in [0.2, 0.25) is 0 Å². The highest BCUT2D eigenvalue weighted by molar-refractivity contribution is 5.95. The minimum Gasteiger partial charge on any atom is -0.467 e. The van der Waals surface area contributed by atoms with Crippen molar-refractivity contribution in [2.75, 3.05) is 12.4 Å². The number of furan rings is 1. The summed E-state index contributed by atoms with van der Waals surface area (Å²) in [6, 6.07) is 32.0. The molecule has 7 aromatic rings. The molecular formula is C35H29N5O3. The van der Waals surface area contributed by atoms with Crippen molar-refractivity contribution in [3.05, 3.63) is 132 Å². The molecule has 0 atom stereocenters. The van der Waals surface area contributed by atoms with Crippen LogP contribution in [0.25, 0.3) is 39.3 Å². The maximum absolute atomic E-state index is 12.3. The number of esters is 1. The Kier molecular flexibility index (Phi) is 6.71. The molecule has 0 saturated heterocycles. The van der Waals surface area contributed by atoms with Gasteiger partial charge in [0.2, 0.25) is 0 Å². The number of imidazole rings is 2. The Labute approximate surface area is 248 Å². The van der Waals surface area contributed by atoms with Crippen LogP contribution in [-0.2, 0) is 17.8 Å². The lowest BCUT2D eigenvalue weighted by molar-refractivity contribution is 0.0601. The fourth-order valence-corrected chi connectivity index (χ4v) is 5.40. The number of fused-ring (bicyclic) bond motifs is 2. The first-order chi connectivity index (χ1) is 21.1. The predicted molar refractivity (Wildman–Crippen MR) is 167 cm³/mol. The van der Waals surface area contributed by atoms with Gasteiger partial charge in [0, 0.05) is 18.3 Å². The summed E-state index contributed by atoms with van der Waals surface area (Å²) in [6.07, 6.45) is 3.68. The molecule has 0 fully saturated rings. The Hall–Kier alpha value is -5.63. The molecule has 0 bridgehead atoms. The van der Waals surface area contributed by atoms with E-state index in [0.717, 1.165) is 39.6 Å². The molecule has 0 amide bonds. The summed E-state index contributed by atoms with van der Waals surface area (Å²) in [4.78, 5) is 22.6. The van der Waals surface area contributed by atoms with Gasteiger partial charge in [-0.05, 0) is 55.0 Å². The van der Waals surface area contributed by atoms with Crippen molar-refractivity contribution in [2.24, 2.45) is 0 Å². The van der Waals surface area contributed by atoms with Crippen LogP contribution in [0.4, 0.5) is 5.82 Å². The Bertz CT molecular complexity index is 2060. The van der Waals surface area contributed by atoms with E-state index in [4.69, 9.17) is 19.1 Å². The Morgan fingerprint density at radius 3 is 2.53 bits per heavy atom. The average molecular weight is 568 g/mol. The molecule has 7 rings (SSSR count). The van der Waals surface area contributed by atoms with Crippen LogP contribution < -0.4 is 5.32 Å². The predicted octanol–water partition coefficient (Wildman–Crippen LogP) is 7.37. The molecule has 0 spiro atoms. The number of nitrogens with one attached hydrogen (secondary N) is 1. The second-order valence-corrected chi connectivity index (χ2v) is 10.4. The number of nitrogens with zero attached hydrogens (tertiary/aromatic N) is 4. The van der Waals surface area contributed by atoms with Gasteiger partial charge in [0.05, 0.1) is 42.1 Å². The molecule has 0 radical (unpaired) electrons. The van der Waals surface area contributed by atoms with Gasteiger partial charge in [-0.1, -0.05) is 60.2 Å². The SMILES string of the molecule is COC(=O)c1ccc2c(c1)nc(-c1cccn3c(NCc4ccccc4)c(-c4ccc(C)cc4)nc13)n2Cc1ccco1. The average Bonchev–Trinajstić information content (AvgIpc) is 3.78. The summed E-state index contributed by atoms with van der Waals surface area (Å²) < 4.78 is 14.9. The lowest BCUT2D eigenvalue weighted by Crippen LogP contribution is -2.05. The molecule has 1 N–H and O–H groups in total. The third kappa shape index (κ3) is 4.93. The molecule has 0 saturated carbocycles. The van der Waals surface area contributed by atoms with E-state index in [-0.39, 0.29) is 0 Å². The van der Waals surface area contributed by atoms with Gasteiger partial charge in [-0.15, -0.1) is 0 Å². The third-order valence-electron chi connectivity index (χ3n) is 7.58. The summed E-state index contributed by atoms with van der Waals surface area (Å²) >= 11 is 0. The fraction of sp³-hybridized carbons (Fsp3) is 0.114. The molecule has 3 aromatic carbocycles. The number of aromatic nitrogens is 4. The second-order valence-electron chi connectivity index (χ2n) is 10.4. The van der Waals surface area contributed by atoms with Gasteiger partial charge in [0.15, 0.2) is 0 Å². The summed E-state index contributed by atoms with van der Waals surface area (Å²) in [6.45, 7) is 3.18. The number of carbonyl (C=O) groups is 1. The van der Waals surface area contributed by atoms with Crippen molar-refractivity contribution in [1.29, 1.82) is 0 Å². The van der Waals surface area contributed by atoms with Crippen molar-refractivity contribution < 1.29 is 13.9 Å². The van der Waals surface area contributed by atoms with Gasteiger partial charge in [-0.3, -0.25) is 4.40 Å². The van der Waals surface area contributed by atoms with Crippen LogP contribution in [0.5, 0.6) is 0 Å². The van der Waals surface area contributed by atoms with Gasteiger partial charge in [-0.2, -0.15) is 0 Å². The van der Waals surface area contributed by atoms with Crippen LogP contribution in [0.15, 0.2) is 114 Å². The quantitative estimate of drug-likeness (QED) is 0.193. The zero-order chi connectivity index (χ0) is 29.3.